The minimum Gasteiger partial charge on any atom is -0.871 e. The lowest BCUT2D eigenvalue weighted by Crippen LogP contribution is -2.29. The van der Waals surface area contributed by atoms with E-state index in [1.807, 2.05) is 72.8 Å². The van der Waals surface area contributed by atoms with E-state index in [1.54, 1.807) is 26.4 Å². The molecule has 0 unspecified atom stereocenters. The molecule has 0 spiro atoms. The minimum atomic E-state index is -0.293. The largest absolute Gasteiger partial charge is 0.871 e. The predicted octanol–water partition coefficient (Wildman–Crippen LogP) is 8.05. The highest BCUT2D eigenvalue weighted by Crippen LogP contribution is 2.39. The van der Waals surface area contributed by atoms with E-state index in [2.05, 4.69) is 41.5 Å². The van der Waals surface area contributed by atoms with Crippen molar-refractivity contribution in [1.29, 1.82) is 0 Å². The van der Waals surface area contributed by atoms with Crippen LogP contribution in [0, 0.1) is 5.41 Å². The zero-order chi connectivity index (χ0) is 31.8. The van der Waals surface area contributed by atoms with Crippen LogP contribution in [-0.2, 0) is 14.9 Å². The lowest BCUT2D eigenvalue weighted by molar-refractivity contribution is -0.300. The summed E-state index contributed by atoms with van der Waals surface area (Å²) < 4.78 is 23.1. The van der Waals surface area contributed by atoms with Crippen molar-refractivity contribution in [2.45, 2.75) is 47.0 Å². The van der Waals surface area contributed by atoms with Crippen molar-refractivity contribution in [2.75, 3.05) is 14.2 Å². The Bertz CT molecular complexity index is 1750. The highest BCUT2D eigenvalue weighted by molar-refractivity contribution is 6.23. The highest BCUT2D eigenvalue weighted by Gasteiger charge is 2.31. The van der Waals surface area contributed by atoms with Gasteiger partial charge in [0.05, 0.1) is 31.3 Å². The molecule has 2 heterocycles. The summed E-state index contributed by atoms with van der Waals surface area (Å²) in [6.45, 7) is 12.3. The average molecular weight is 591 g/mol. The number of hydrogen-bond acceptors (Lipinski definition) is 5. The fourth-order valence-electron chi connectivity index (χ4n) is 4.77. The van der Waals surface area contributed by atoms with Crippen LogP contribution in [0.25, 0.3) is 23.2 Å². The second-order valence-corrected chi connectivity index (χ2v) is 13.0. The van der Waals surface area contributed by atoms with Gasteiger partial charge in [-0.3, -0.25) is 4.79 Å². The SMILES string of the molecule is COc1ccc(C2=CC(=CC3=C([O-])C(=Cc4cc(-c5ccc(OC)cc5)[o+]c(C(C)(C)C)c4)C3=O)C=C(C(C)(C)C)O2)cc1. The van der Waals surface area contributed by atoms with Crippen molar-refractivity contribution in [3.8, 4) is 22.8 Å². The van der Waals surface area contributed by atoms with Gasteiger partial charge in [-0.1, -0.05) is 26.5 Å². The fraction of sp³-hybridized carbons (Fsp3) is 0.263. The van der Waals surface area contributed by atoms with Crippen LogP contribution in [0.3, 0.4) is 0 Å². The molecule has 226 valence electrons. The fourth-order valence-corrected chi connectivity index (χ4v) is 4.77. The van der Waals surface area contributed by atoms with Gasteiger partial charge < -0.3 is 19.3 Å². The third-order valence-electron chi connectivity index (χ3n) is 7.46. The number of benzene rings is 2. The van der Waals surface area contributed by atoms with E-state index in [1.165, 1.54) is 0 Å². The van der Waals surface area contributed by atoms with Crippen molar-refractivity contribution in [3.63, 3.8) is 0 Å². The molecule has 0 radical (unpaired) electrons. The van der Waals surface area contributed by atoms with Crippen LogP contribution >= 0.6 is 0 Å². The second-order valence-electron chi connectivity index (χ2n) is 13.0. The summed E-state index contributed by atoms with van der Waals surface area (Å²) in [7, 11) is 3.24. The number of carbonyl (C=O) groups is 1. The van der Waals surface area contributed by atoms with E-state index >= 15 is 0 Å². The molecule has 6 nitrogen and oxygen atoms in total. The van der Waals surface area contributed by atoms with Crippen LogP contribution in [0.1, 0.15) is 58.4 Å². The molecule has 3 aromatic rings. The van der Waals surface area contributed by atoms with E-state index < -0.39 is 0 Å². The number of allylic oxidation sites excluding steroid dienone is 7. The summed E-state index contributed by atoms with van der Waals surface area (Å²) in [4.78, 5) is 13.4. The Balaban J connectivity index is 1.53. The Hall–Kier alpha value is -4.84. The van der Waals surface area contributed by atoms with Crippen molar-refractivity contribution < 1.29 is 28.5 Å². The van der Waals surface area contributed by atoms with Crippen LogP contribution in [0.5, 0.6) is 11.5 Å². The van der Waals surface area contributed by atoms with Crippen molar-refractivity contribution in [1.82, 2.24) is 0 Å². The van der Waals surface area contributed by atoms with E-state index in [-0.39, 0.29) is 33.5 Å². The smallest absolute Gasteiger partial charge is 0.360 e. The molecule has 44 heavy (non-hydrogen) atoms. The normalized spacial score (nSPS) is 17.2. The van der Waals surface area contributed by atoms with E-state index in [0.29, 0.717) is 11.5 Å². The Morgan fingerprint density at radius 2 is 1.36 bits per heavy atom. The zero-order valence-electron chi connectivity index (χ0n) is 26.5. The van der Waals surface area contributed by atoms with Gasteiger partial charge in [0.1, 0.15) is 23.0 Å². The molecule has 0 N–H and O–H groups in total. The quantitative estimate of drug-likeness (QED) is 0.214. The van der Waals surface area contributed by atoms with Crippen molar-refractivity contribution >= 4 is 17.6 Å². The first kappa shape index (κ1) is 30.6. The van der Waals surface area contributed by atoms with Gasteiger partial charge in [-0.2, -0.15) is 0 Å². The molecule has 0 saturated heterocycles. The molecule has 6 heteroatoms. The zero-order valence-corrected chi connectivity index (χ0v) is 26.5. The lowest BCUT2D eigenvalue weighted by atomic mass is 9.84. The summed E-state index contributed by atoms with van der Waals surface area (Å²) in [5.74, 6) is 3.65. The van der Waals surface area contributed by atoms with Crippen LogP contribution in [0.4, 0.5) is 0 Å². The molecule has 2 aromatic carbocycles. The third-order valence-corrected chi connectivity index (χ3v) is 7.46. The van der Waals surface area contributed by atoms with Gasteiger partial charge in [-0.25, -0.2) is 4.42 Å². The highest BCUT2D eigenvalue weighted by atomic mass is 16.5. The number of rotatable bonds is 6. The first-order valence-electron chi connectivity index (χ1n) is 14.6. The Morgan fingerprint density at radius 3 is 1.89 bits per heavy atom. The number of methoxy groups -OCH3 is 2. The Labute approximate surface area is 259 Å². The summed E-state index contributed by atoms with van der Waals surface area (Å²) in [6.07, 6.45) is 7.05. The number of ketones is 1. The van der Waals surface area contributed by atoms with E-state index in [0.717, 1.165) is 45.3 Å². The average Bonchev–Trinajstić information content (AvgIpc) is 3.01. The Kier molecular flexibility index (Phi) is 8.13. The number of hydrogen-bond donors (Lipinski definition) is 0. The molecular weight excluding hydrogens is 552 g/mol. The molecule has 1 aliphatic heterocycles. The number of Topliss-reactive ketones (excluding diaryl/α,β-unsaturated/α-hetero) is 1. The van der Waals surface area contributed by atoms with Gasteiger partial charge in [-0.15, -0.1) is 0 Å². The molecule has 2 aliphatic rings. The summed E-state index contributed by atoms with van der Waals surface area (Å²) in [5.41, 5.74) is 2.87. The maximum absolute atomic E-state index is 13.4. The van der Waals surface area contributed by atoms with Crippen LogP contribution in [0.2, 0.25) is 0 Å². The molecule has 5 rings (SSSR count). The van der Waals surface area contributed by atoms with Gasteiger partial charge in [-0.05, 0) is 105 Å². The molecular formula is C38H38O6. The first-order valence-corrected chi connectivity index (χ1v) is 14.6. The minimum absolute atomic E-state index is 0.148. The monoisotopic (exact) mass is 590 g/mol. The maximum atomic E-state index is 13.4. The lowest BCUT2D eigenvalue weighted by Gasteiger charge is -2.30. The van der Waals surface area contributed by atoms with E-state index in [4.69, 9.17) is 18.6 Å². The Morgan fingerprint density at radius 1 is 0.773 bits per heavy atom. The van der Waals surface area contributed by atoms with Crippen LogP contribution in [0.15, 0.2) is 112 Å². The second kappa shape index (κ2) is 11.7. The molecule has 0 fully saturated rings. The summed E-state index contributed by atoms with van der Waals surface area (Å²) >= 11 is 0. The van der Waals surface area contributed by atoms with Gasteiger partial charge in [0, 0.05) is 28.2 Å². The molecule has 0 atom stereocenters. The predicted molar refractivity (Wildman–Crippen MR) is 171 cm³/mol. The molecule has 1 aliphatic carbocycles. The molecule has 0 saturated carbocycles. The molecule has 1 aromatic heterocycles. The molecule has 0 bridgehead atoms. The first-order chi connectivity index (χ1) is 20.8. The van der Waals surface area contributed by atoms with Crippen LogP contribution < -0.4 is 14.6 Å². The maximum Gasteiger partial charge on any atom is 0.360 e. The van der Waals surface area contributed by atoms with E-state index in [9.17, 15) is 9.90 Å². The third kappa shape index (κ3) is 6.40. The van der Waals surface area contributed by atoms with Crippen molar-refractivity contribution in [3.05, 3.63) is 124 Å². The van der Waals surface area contributed by atoms with Gasteiger partial charge in [0.2, 0.25) is 0 Å². The molecule has 0 amide bonds. The summed E-state index contributed by atoms with van der Waals surface area (Å²) in [6, 6.07) is 18.9. The van der Waals surface area contributed by atoms with Gasteiger partial charge in [0.25, 0.3) is 0 Å². The standard InChI is InChI=1S/C38H38O6/c1-37(2,3)33-21-23(19-31(43-33)25-9-13-27(41-7)14-10-25)17-29-35(39)30(36(29)40)18-24-20-32(44-34(22-24)38(4,5)6)26-11-15-28(42-8)16-12-26/h9-22H,1-8H3. The van der Waals surface area contributed by atoms with Crippen molar-refractivity contribution in [2.24, 2.45) is 5.41 Å². The number of ether oxygens (including phenoxy) is 3. The number of carbonyl (C=O) groups excluding carboxylic acids is 1. The van der Waals surface area contributed by atoms with Crippen LogP contribution in [-0.4, -0.2) is 20.0 Å². The van der Waals surface area contributed by atoms with Gasteiger partial charge >= 0.3 is 11.5 Å². The topological polar surface area (TPSA) is 79.1 Å². The van der Waals surface area contributed by atoms with Gasteiger partial charge in [0.15, 0.2) is 5.78 Å². The summed E-state index contributed by atoms with van der Waals surface area (Å²) in [5, 5.41) is 13.4.